The molecule has 2 fully saturated rings. The summed E-state index contributed by atoms with van der Waals surface area (Å²) in [4.78, 5) is 24.4. The number of amides is 1. The smallest absolute Gasteiger partial charge is 0.228 e. The van der Waals surface area contributed by atoms with Crippen LogP contribution in [0.3, 0.4) is 0 Å². The molecule has 3 rings (SSSR count). The highest BCUT2D eigenvalue weighted by molar-refractivity contribution is 5.94. The van der Waals surface area contributed by atoms with Crippen LogP contribution in [0.5, 0.6) is 0 Å². The van der Waals surface area contributed by atoms with Crippen LogP contribution < -0.4 is 15.1 Å². The van der Waals surface area contributed by atoms with Gasteiger partial charge >= 0.3 is 0 Å². The van der Waals surface area contributed by atoms with Gasteiger partial charge in [-0.15, -0.1) is 0 Å². The standard InChI is InChI=1S/C12H17N5O/c18-12-2-1-5-17(12)11-9-14-8-10(15-11)16-6-3-13-4-7-16/h8-9,13H,1-7H2. The molecular formula is C12H17N5O. The van der Waals surface area contributed by atoms with E-state index in [-0.39, 0.29) is 5.91 Å². The zero-order chi connectivity index (χ0) is 12.4. The van der Waals surface area contributed by atoms with Crippen molar-refractivity contribution in [3.63, 3.8) is 0 Å². The van der Waals surface area contributed by atoms with Crippen molar-refractivity contribution >= 4 is 17.5 Å². The Kier molecular flexibility index (Phi) is 3.10. The number of hydrogen-bond acceptors (Lipinski definition) is 5. The average Bonchev–Trinajstić information content (AvgIpc) is 2.86. The summed E-state index contributed by atoms with van der Waals surface area (Å²) in [6, 6.07) is 0. The molecule has 3 heterocycles. The molecule has 0 saturated carbocycles. The molecule has 1 N–H and O–H groups in total. The summed E-state index contributed by atoms with van der Waals surface area (Å²) in [7, 11) is 0. The van der Waals surface area contributed by atoms with Crippen LogP contribution in [0, 0.1) is 0 Å². The molecule has 0 atom stereocenters. The van der Waals surface area contributed by atoms with Gasteiger partial charge in [-0.05, 0) is 6.42 Å². The van der Waals surface area contributed by atoms with Gasteiger partial charge in [0.05, 0.1) is 12.4 Å². The third-order valence-electron chi connectivity index (χ3n) is 3.40. The lowest BCUT2D eigenvalue weighted by molar-refractivity contribution is -0.117. The van der Waals surface area contributed by atoms with Gasteiger partial charge in [0.2, 0.25) is 5.91 Å². The summed E-state index contributed by atoms with van der Waals surface area (Å²) in [5.41, 5.74) is 0. The van der Waals surface area contributed by atoms with Gasteiger partial charge in [0.25, 0.3) is 0 Å². The molecule has 2 saturated heterocycles. The fraction of sp³-hybridized carbons (Fsp3) is 0.583. The van der Waals surface area contributed by atoms with Crippen LogP contribution in [0.2, 0.25) is 0 Å². The van der Waals surface area contributed by atoms with Gasteiger partial charge in [0, 0.05) is 39.1 Å². The van der Waals surface area contributed by atoms with Gasteiger partial charge < -0.3 is 10.2 Å². The lowest BCUT2D eigenvalue weighted by Gasteiger charge is -2.28. The molecular weight excluding hydrogens is 230 g/mol. The van der Waals surface area contributed by atoms with Crippen LogP contribution in [0.4, 0.5) is 11.6 Å². The van der Waals surface area contributed by atoms with E-state index in [1.54, 1.807) is 17.3 Å². The Labute approximate surface area is 106 Å². The molecule has 18 heavy (non-hydrogen) atoms. The fourth-order valence-electron chi connectivity index (χ4n) is 2.41. The van der Waals surface area contributed by atoms with Crippen LogP contribution in [0.15, 0.2) is 12.4 Å². The van der Waals surface area contributed by atoms with Crippen LogP contribution in [0.25, 0.3) is 0 Å². The number of nitrogens with one attached hydrogen (secondary N) is 1. The summed E-state index contributed by atoms with van der Waals surface area (Å²) < 4.78 is 0. The summed E-state index contributed by atoms with van der Waals surface area (Å²) >= 11 is 0. The number of rotatable bonds is 2. The minimum absolute atomic E-state index is 0.154. The SMILES string of the molecule is O=C1CCCN1c1cncc(N2CCNCC2)n1. The van der Waals surface area contributed by atoms with E-state index in [0.717, 1.165) is 45.0 Å². The van der Waals surface area contributed by atoms with E-state index in [2.05, 4.69) is 20.2 Å². The molecule has 1 amide bonds. The predicted octanol–water partition coefficient (Wildman–Crippen LogP) is 0.0130. The maximum atomic E-state index is 11.7. The first-order valence-corrected chi connectivity index (χ1v) is 6.43. The second kappa shape index (κ2) is 4.89. The predicted molar refractivity (Wildman–Crippen MR) is 68.7 cm³/mol. The third kappa shape index (κ3) is 2.15. The molecule has 0 aromatic carbocycles. The Morgan fingerprint density at radius 1 is 1.11 bits per heavy atom. The minimum atomic E-state index is 0.154. The van der Waals surface area contributed by atoms with Gasteiger partial charge in [-0.3, -0.25) is 14.7 Å². The van der Waals surface area contributed by atoms with Gasteiger partial charge in [0.1, 0.15) is 5.82 Å². The van der Waals surface area contributed by atoms with Crippen molar-refractivity contribution in [1.82, 2.24) is 15.3 Å². The third-order valence-corrected chi connectivity index (χ3v) is 3.40. The number of carbonyl (C=O) groups excluding carboxylic acids is 1. The summed E-state index contributed by atoms with van der Waals surface area (Å²) in [6.07, 6.45) is 4.99. The molecule has 6 heteroatoms. The summed E-state index contributed by atoms with van der Waals surface area (Å²) in [6.45, 7) is 4.57. The normalized spacial score (nSPS) is 20.6. The molecule has 0 bridgehead atoms. The van der Waals surface area contributed by atoms with Gasteiger partial charge in [0.15, 0.2) is 5.82 Å². The van der Waals surface area contributed by atoms with E-state index in [0.29, 0.717) is 12.2 Å². The second-order valence-electron chi connectivity index (χ2n) is 4.62. The topological polar surface area (TPSA) is 61.4 Å². The lowest BCUT2D eigenvalue weighted by atomic mass is 10.3. The molecule has 0 unspecified atom stereocenters. The van der Waals surface area contributed by atoms with Crippen molar-refractivity contribution in [2.75, 3.05) is 42.5 Å². The molecule has 1 aromatic heterocycles. The number of aromatic nitrogens is 2. The lowest BCUT2D eigenvalue weighted by Crippen LogP contribution is -2.44. The van der Waals surface area contributed by atoms with Crippen molar-refractivity contribution < 1.29 is 4.79 Å². The molecule has 1 aromatic rings. The largest absolute Gasteiger partial charge is 0.353 e. The van der Waals surface area contributed by atoms with E-state index < -0.39 is 0 Å². The van der Waals surface area contributed by atoms with Crippen LogP contribution in [-0.2, 0) is 4.79 Å². The molecule has 2 aliphatic heterocycles. The number of anilines is 2. The number of hydrogen-bond donors (Lipinski definition) is 1. The Bertz CT molecular complexity index is 444. The Balaban J connectivity index is 1.82. The van der Waals surface area contributed by atoms with Crippen LogP contribution >= 0.6 is 0 Å². The first-order valence-electron chi connectivity index (χ1n) is 6.43. The highest BCUT2D eigenvalue weighted by Gasteiger charge is 2.23. The van der Waals surface area contributed by atoms with E-state index in [1.165, 1.54) is 0 Å². The second-order valence-corrected chi connectivity index (χ2v) is 4.62. The number of carbonyl (C=O) groups is 1. The first-order chi connectivity index (χ1) is 8.84. The Morgan fingerprint density at radius 2 is 1.89 bits per heavy atom. The van der Waals surface area contributed by atoms with Crippen molar-refractivity contribution in [2.24, 2.45) is 0 Å². The molecule has 96 valence electrons. The van der Waals surface area contributed by atoms with E-state index in [4.69, 9.17) is 0 Å². The molecule has 6 nitrogen and oxygen atoms in total. The number of piperazine rings is 1. The quantitative estimate of drug-likeness (QED) is 0.798. The maximum Gasteiger partial charge on any atom is 0.228 e. The Hall–Kier alpha value is -1.69. The summed E-state index contributed by atoms with van der Waals surface area (Å²) in [5.74, 6) is 1.71. The molecule has 2 aliphatic rings. The van der Waals surface area contributed by atoms with Crippen molar-refractivity contribution in [3.8, 4) is 0 Å². The van der Waals surface area contributed by atoms with Crippen LogP contribution in [-0.4, -0.2) is 48.6 Å². The fourth-order valence-corrected chi connectivity index (χ4v) is 2.41. The average molecular weight is 247 g/mol. The molecule has 0 aliphatic carbocycles. The van der Waals surface area contributed by atoms with Gasteiger partial charge in [-0.1, -0.05) is 0 Å². The van der Waals surface area contributed by atoms with E-state index in [9.17, 15) is 4.79 Å². The first kappa shape index (κ1) is 11.4. The molecule has 0 spiro atoms. The zero-order valence-corrected chi connectivity index (χ0v) is 10.3. The summed E-state index contributed by atoms with van der Waals surface area (Å²) in [5, 5.41) is 3.31. The van der Waals surface area contributed by atoms with Crippen LogP contribution in [0.1, 0.15) is 12.8 Å². The zero-order valence-electron chi connectivity index (χ0n) is 10.3. The minimum Gasteiger partial charge on any atom is -0.353 e. The Morgan fingerprint density at radius 3 is 2.61 bits per heavy atom. The monoisotopic (exact) mass is 247 g/mol. The number of nitrogens with zero attached hydrogens (tertiary/aromatic N) is 4. The van der Waals surface area contributed by atoms with Crippen molar-refractivity contribution in [3.05, 3.63) is 12.4 Å². The van der Waals surface area contributed by atoms with E-state index in [1.807, 2.05) is 0 Å². The maximum absolute atomic E-state index is 11.7. The highest BCUT2D eigenvalue weighted by atomic mass is 16.2. The molecule has 0 radical (unpaired) electrons. The van der Waals surface area contributed by atoms with Crippen molar-refractivity contribution in [2.45, 2.75) is 12.8 Å². The van der Waals surface area contributed by atoms with E-state index >= 15 is 0 Å². The highest BCUT2D eigenvalue weighted by Crippen LogP contribution is 2.21. The van der Waals surface area contributed by atoms with Gasteiger partial charge in [-0.25, -0.2) is 4.98 Å². The van der Waals surface area contributed by atoms with Crippen molar-refractivity contribution in [1.29, 1.82) is 0 Å². The van der Waals surface area contributed by atoms with Gasteiger partial charge in [-0.2, -0.15) is 0 Å².